The van der Waals surface area contributed by atoms with Crippen molar-refractivity contribution in [2.24, 2.45) is 31.1 Å². The van der Waals surface area contributed by atoms with Crippen LogP contribution in [0.5, 0.6) is 35.3 Å². The van der Waals surface area contributed by atoms with E-state index in [9.17, 15) is 80.3 Å². The van der Waals surface area contributed by atoms with Crippen LogP contribution in [-0.4, -0.2) is 67.9 Å². The number of rotatable bonds is 20. The van der Waals surface area contributed by atoms with Crippen LogP contribution in [0, 0.1) is 56.6 Å². The van der Waals surface area contributed by atoms with Crippen LogP contribution < -0.4 is 0 Å². The van der Waals surface area contributed by atoms with Crippen molar-refractivity contribution < 1.29 is 40.5 Å². The molecule has 0 saturated carbocycles. The van der Waals surface area contributed by atoms with Gasteiger partial charge in [-0.05, 0) is 168 Å². The maximum absolute atomic E-state index is 11.1. The number of non-ortho nitro benzene ring substituents is 2. The number of halogens is 7. The number of hydrogen-bond acceptors (Lipinski definition) is 22. The summed E-state index contributed by atoms with van der Waals surface area (Å²) in [5, 5.41) is 107. The highest BCUT2D eigenvalue weighted by Crippen LogP contribution is 2.46. The van der Waals surface area contributed by atoms with Crippen LogP contribution in [0.3, 0.4) is 0 Å². The predicted molar refractivity (Wildman–Crippen MR) is 501 cm³/mol. The summed E-state index contributed by atoms with van der Waals surface area (Å²) >= 11 is 41.7. The summed E-state index contributed by atoms with van der Waals surface area (Å²) in [6.45, 7) is 4.13. The highest BCUT2D eigenvalue weighted by Gasteiger charge is 2.26. The third kappa shape index (κ3) is 19.8. The van der Waals surface area contributed by atoms with Crippen molar-refractivity contribution in [1.82, 2.24) is 27.4 Å². The maximum Gasteiger partial charge on any atom is 0.270 e. The zero-order chi connectivity index (χ0) is 91.3. The summed E-state index contributed by atoms with van der Waals surface area (Å²) in [6, 6.07) is 76.9. The lowest BCUT2D eigenvalue weighted by Crippen LogP contribution is -1.99. The summed E-state index contributed by atoms with van der Waals surface area (Å²) in [6.07, 6.45) is 0. The van der Waals surface area contributed by atoms with E-state index in [4.69, 9.17) is 81.2 Å². The van der Waals surface area contributed by atoms with E-state index in [1.165, 1.54) is 51.1 Å². The Bertz CT molecular complexity index is 7180. The highest BCUT2D eigenvalue weighted by molar-refractivity contribution is 6.36. The fourth-order valence-corrected chi connectivity index (χ4v) is 15.7. The second-order valence-corrected chi connectivity index (χ2v) is 31.4. The molecule has 0 aliphatic heterocycles. The number of aryl methyl sites for hydroxylation is 1. The summed E-state index contributed by atoms with van der Waals surface area (Å²) in [5.41, 5.74) is 9.87. The van der Waals surface area contributed by atoms with Gasteiger partial charge in [-0.15, -0.1) is 29.4 Å². The number of nitrogens with zero attached hydrogens (tertiary/aromatic N) is 14. The number of nitroso groups, excluding NO2 is 6. The van der Waals surface area contributed by atoms with Crippen LogP contribution in [0.4, 0.5) is 45.5 Å². The van der Waals surface area contributed by atoms with Gasteiger partial charge in [0.25, 0.3) is 11.4 Å². The Morgan fingerprint density at radius 1 is 0.266 bits per heavy atom. The Balaban J connectivity index is 0.000000131. The number of para-hydroxylation sites is 4. The molecule has 0 radical (unpaired) electrons. The Kier molecular flexibility index (Phi) is 28.7. The fourth-order valence-electron chi connectivity index (χ4n) is 14.3. The standard InChI is InChI=1S/C16H14N2O2.C15H9Cl2N3O4.C15H10Cl2N2O2.C15H10ClN3O4.2C15H11ClN2O2/c1-11-6-8-12(9-7-11)10-18-14-5-3-2-4-13(14)15(17-20)16(18)19;16-9-2-1-8(12(17)5-9)7-19-13-4-3-10(20(23)24)6-11(13)14(18-22)15(19)21;16-10-6-5-9(12(17)7-10)8-19-13-4-2-1-3-11(13)14(18-21)15(19)20;16-10-3-1-9(2-4-10)8-18-13-6-5-11(19(22)23)7-12(13)14(17-21)15(18)20;16-11-5-3-4-10(8-11)9-18-13-7-2-1-6-12(13)14(17-20)15(18)19;16-11-7-5-10(6-8-11)9-18-13-4-2-1-3-12(13)14(17-20)15(18)19/h2-9,19H,10H2,1H3;1-6,21H,7H2;1-7,20H,8H2;1-7,20H,8H2;2*1-8,19H,9H2. The van der Waals surface area contributed by atoms with E-state index in [-0.39, 0.29) is 105 Å². The zero-order valence-electron chi connectivity index (χ0n) is 66.3. The average Bonchev–Trinajstić information content (AvgIpc) is 1.63. The Morgan fingerprint density at radius 3 is 0.812 bits per heavy atom. The normalized spacial score (nSPS) is 10.9. The van der Waals surface area contributed by atoms with Gasteiger partial charge in [-0.3, -0.25) is 20.2 Å². The molecule has 0 bridgehead atoms. The van der Waals surface area contributed by atoms with Crippen LogP contribution in [0.25, 0.3) is 65.4 Å². The topological polar surface area (TPSA) is 414 Å². The first-order valence-corrected chi connectivity index (χ1v) is 40.7. The average molecular weight is 1860 g/mol. The van der Waals surface area contributed by atoms with Crippen molar-refractivity contribution in [3.05, 3.63) is 391 Å². The molecule has 0 aliphatic rings. The van der Waals surface area contributed by atoms with Gasteiger partial charge in [0.05, 0.1) is 82.2 Å². The van der Waals surface area contributed by atoms with Crippen LogP contribution in [0.15, 0.2) is 298 Å². The minimum atomic E-state index is -0.585. The van der Waals surface area contributed by atoms with Gasteiger partial charge >= 0.3 is 0 Å². The first-order valence-electron chi connectivity index (χ1n) is 38.0. The molecule has 37 heteroatoms. The number of fused-ring (bicyclic) bond motifs is 6. The van der Waals surface area contributed by atoms with Gasteiger partial charge in [0.1, 0.15) is 0 Å². The molecule has 128 heavy (non-hydrogen) atoms. The second kappa shape index (κ2) is 40.4. The van der Waals surface area contributed by atoms with Crippen molar-refractivity contribution in [2.75, 3.05) is 0 Å². The molecule has 12 aromatic carbocycles. The SMILES string of the molecule is Cc1ccc(Cn2c(O)c(N=O)c3ccccc32)cc1.O=Nc1c(O)n(Cc2ccc(Cl)cc2)c2ccc([N+](=O)[O-])cc12.O=Nc1c(O)n(Cc2ccc(Cl)cc2)c2ccccc12.O=Nc1c(O)n(Cc2ccc(Cl)cc2Cl)c2ccc([N+](=O)[O-])cc12.O=Nc1c(O)n(Cc2ccc(Cl)cc2Cl)c2ccccc12.O=Nc1c(O)n(Cc2cccc(Cl)c2)c2ccccc12. The number of nitro groups is 2. The number of aromatic nitrogens is 6. The van der Waals surface area contributed by atoms with Gasteiger partial charge in [-0.2, -0.15) is 0 Å². The van der Waals surface area contributed by atoms with Gasteiger partial charge in [-0.25, -0.2) is 0 Å². The predicted octanol–water partition coefficient (Wildman–Crippen LogP) is 27.5. The number of aromatic hydroxyl groups is 6. The van der Waals surface area contributed by atoms with E-state index in [0.29, 0.717) is 99.5 Å². The molecule has 18 rings (SSSR count). The molecule has 0 unspecified atom stereocenters. The largest absolute Gasteiger partial charge is 0.493 e. The monoisotopic (exact) mass is 1850 g/mol. The third-order valence-electron chi connectivity index (χ3n) is 20.5. The van der Waals surface area contributed by atoms with Gasteiger partial charge < -0.3 is 58.0 Å². The molecule has 0 saturated heterocycles. The van der Waals surface area contributed by atoms with Gasteiger partial charge in [0.15, 0.2) is 34.1 Å². The second-order valence-electron chi connectivity index (χ2n) is 28.4. The highest BCUT2D eigenvalue weighted by atomic mass is 35.5. The smallest absolute Gasteiger partial charge is 0.270 e. The maximum atomic E-state index is 11.1. The van der Waals surface area contributed by atoms with Crippen molar-refractivity contribution in [2.45, 2.75) is 46.2 Å². The Hall–Kier alpha value is -14.9. The fraction of sp³-hybridized carbons (Fsp3) is 0.0769. The minimum Gasteiger partial charge on any atom is -0.493 e. The van der Waals surface area contributed by atoms with Crippen molar-refractivity contribution in [3.63, 3.8) is 0 Å². The lowest BCUT2D eigenvalue weighted by molar-refractivity contribution is -0.384. The molecule has 0 atom stereocenters. The number of nitro benzene ring substituents is 2. The van der Waals surface area contributed by atoms with Crippen LogP contribution in [-0.2, 0) is 39.3 Å². The molecule has 6 heterocycles. The van der Waals surface area contributed by atoms with E-state index in [1.807, 2.05) is 122 Å². The molecule has 6 aromatic heterocycles. The molecular formula is C91H65Cl7N14O16. The minimum absolute atomic E-state index is 0.0377. The molecule has 0 fully saturated rings. The van der Waals surface area contributed by atoms with Crippen LogP contribution in [0.1, 0.15) is 38.9 Å². The summed E-state index contributed by atoms with van der Waals surface area (Å²) in [5.74, 6) is -1.20. The molecular weight excluding hydrogens is 1790 g/mol. The Morgan fingerprint density at radius 2 is 0.523 bits per heavy atom. The first-order chi connectivity index (χ1) is 61.6. The van der Waals surface area contributed by atoms with E-state index >= 15 is 0 Å². The molecule has 0 aliphatic carbocycles. The van der Waals surface area contributed by atoms with E-state index in [1.54, 1.807) is 134 Å². The molecule has 644 valence electrons. The number of benzene rings is 12. The van der Waals surface area contributed by atoms with Gasteiger partial charge in [0, 0.05) is 91.7 Å². The van der Waals surface area contributed by atoms with Crippen LogP contribution >= 0.6 is 81.2 Å². The lowest BCUT2D eigenvalue weighted by Gasteiger charge is -2.09. The molecule has 30 nitrogen and oxygen atoms in total. The summed E-state index contributed by atoms with van der Waals surface area (Å²) in [7, 11) is 0. The third-order valence-corrected chi connectivity index (χ3v) is 22.4. The molecule has 6 N–H and O–H groups in total. The van der Waals surface area contributed by atoms with Gasteiger partial charge in [-0.1, -0.05) is 232 Å². The van der Waals surface area contributed by atoms with Crippen molar-refractivity contribution >= 4 is 192 Å². The lowest BCUT2D eigenvalue weighted by atomic mass is 10.1. The quantitative estimate of drug-likeness (QED) is 0.0234. The van der Waals surface area contributed by atoms with Crippen LogP contribution in [0.2, 0.25) is 35.2 Å². The van der Waals surface area contributed by atoms with Crippen molar-refractivity contribution in [1.29, 1.82) is 0 Å². The van der Waals surface area contributed by atoms with E-state index in [2.05, 4.69) is 31.1 Å². The zero-order valence-corrected chi connectivity index (χ0v) is 71.6. The summed E-state index contributed by atoms with van der Waals surface area (Å²) in [4.78, 5) is 86.4. The molecule has 0 amide bonds. The van der Waals surface area contributed by atoms with Gasteiger partial charge in [0.2, 0.25) is 35.3 Å². The van der Waals surface area contributed by atoms with E-state index in [0.717, 1.165) is 49.9 Å². The molecule has 0 spiro atoms. The van der Waals surface area contributed by atoms with E-state index < -0.39 is 9.85 Å². The molecule has 18 aromatic rings. The first kappa shape index (κ1) is 90.8. The van der Waals surface area contributed by atoms with Crippen molar-refractivity contribution in [3.8, 4) is 35.3 Å². The summed E-state index contributed by atoms with van der Waals surface area (Å²) < 4.78 is 9.49. The Labute approximate surface area is 758 Å². The number of hydrogen-bond donors (Lipinski definition) is 6.